The van der Waals surface area contributed by atoms with E-state index >= 15 is 0 Å². The van der Waals surface area contributed by atoms with E-state index in [9.17, 15) is 13.2 Å². The molecule has 0 radical (unpaired) electrons. The molecule has 0 bridgehead atoms. The fraction of sp³-hybridized carbons (Fsp3) is 0.364. The van der Waals surface area contributed by atoms with Gasteiger partial charge in [0.05, 0.1) is 23.7 Å². The van der Waals surface area contributed by atoms with Crippen molar-refractivity contribution in [2.45, 2.75) is 11.0 Å². The SMILES string of the molecule is COC(=O)c1ccccc1S(=O)(=O)N1CC(O)C1. The van der Waals surface area contributed by atoms with Gasteiger partial charge >= 0.3 is 5.97 Å². The Bertz CT molecular complexity index is 563. The van der Waals surface area contributed by atoms with E-state index in [4.69, 9.17) is 5.11 Å². The molecule has 1 heterocycles. The highest BCUT2D eigenvalue weighted by Crippen LogP contribution is 2.24. The molecule has 1 aliphatic rings. The van der Waals surface area contributed by atoms with E-state index in [0.717, 1.165) is 4.31 Å². The number of sulfonamides is 1. The van der Waals surface area contributed by atoms with Gasteiger partial charge in [-0.05, 0) is 12.1 Å². The van der Waals surface area contributed by atoms with Gasteiger partial charge in [0.15, 0.2) is 0 Å². The van der Waals surface area contributed by atoms with Crippen molar-refractivity contribution in [1.29, 1.82) is 0 Å². The van der Waals surface area contributed by atoms with Gasteiger partial charge in [-0.1, -0.05) is 12.1 Å². The molecule has 2 rings (SSSR count). The number of methoxy groups -OCH3 is 1. The van der Waals surface area contributed by atoms with Crippen molar-refractivity contribution in [3.8, 4) is 0 Å². The molecular formula is C11H13NO5S. The van der Waals surface area contributed by atoms with Crippen molar-refractivity contribution in [1.82, 2.24) is 4.31 Å². The Morgan fingerprint density at radius 2 is 2.00 bits per heavy atom. The summed E-state index contributed by atoms with van der Waals surface area (Å²) in [6, 6.07) is 5.85. The minimum absolute atomic E-state index is 0.00129. The van der Waals surface area contributed by atoms with Crippen LogP contribution in [0.1, 0.15) is 10.4 Å². The van der Waals surface area contributed by atoms with Gasteiger partial charge in [-0.2, -0.15) is 4.31 Å². The second-order valence-electron chi connectivity index (χ2n) is 3.96. The van der Waals surface area contributed by atoms with Gasteiger partial charge in [-0.25, -0.2) is 13.2 Å². The monoisotopic (exact) mass is 271 g/mol. The Hall–Kier alpha value is -1.44. The Morgan fingerprint density at radius 3 is 2.56 bits per heavy atom. The molecule has 0 atom stereocenters. The molecule has 0 saturated carbocycles. The van der Waals surface area contributed by atoms with Gasteiger partial charge in [0.25, 0.3) is 0 Å². The average Bonchev–Trinajstić information content (AvgIpc) is 2.34. The third kappa shape index (κ3) is 2.12. The number of aliphatic hydroxyl groups is 1. The normalized spacial score (nSPS) is 17.2. The van der Waals surface area contributed by atoms with Crippen LogP contribution in [0.2, 0.25) is 0 Å². The molecule has 0 spiro atoms. The van der Waals surface area contributed by atoms with Gasteiger partial charge < -0.3 is 9.84 Å². The zero-order valence-corrected chi connectivity index (χ0v) is 10.6. The number of aliphatic hydroxyl groups excluding tert-OH is 1. The number of esters is 1. The number of hydrogen-bond acceptors (Lipinski definition) is 5. The highest BCUT2D eigenvalue weighted by atomic mass is 32.2. The number of β-amino-alcohol motifs (C(OH)–C–C–N with tert-alkyl or cyclic N) is 1. The molecule has 6 nitrogen and oxygen atoms in total. The van der Waals surface area contributed by atoms with Crippen LogP contribution in [0.5, 0.6) is 0 Å². The maximum absolute atomic E-state index is 12.2. The quantitative estimate of drug-likeness (QED) is 0.772. The first kappa shape index (κ1) is 13.0. The molecule has 98 valence electrons. The van der Waals surface area contributed by atoms with Crippen LogP contribution in [-0.2, 0) is 14.8 Å². The fourth-order valence-corrected chi connectivity index (χ4v) is 3.42. The highest BCUT2D eigenvalue weighted by Gasteiger charge is 2.37. The van der Waals surface area contributed by atoms with Gasteiger partial charge in [0.1, 0.15) is 0 Å². The van der Waals surface area contributed by atoms with Crippen LogP contribution in [0.4, 0.5) is 0 Å². The van der Waals surface area contributed by atoms with E-state index in [0.29, 0.717) is 0 Å². The average molecular weight is 271 g/mol. The third-order valence-corrected chi connectivity index (χ3v) is 4.63. The molecule has 0 aliphatic carbocycles. The van der Waals surface area contributed by atoms with E-state index in [2.05, 4.69) is 4.74 Å². The molecule has 1 aromatic rings. The molecule has 1 N–H and O–H groups in total. The van der Waals surface area contributed by atoms with Gasteiger partial charge in [0.2, 0.25) is 10.0 Å². The number of nitrogens with zero attached hydrogens (tertiary/aromatic N) is 1. The van der Waals surface area contributed by atoms with Crippen LogP contribution in [0.3, 0.4) is 0 Å². The van der Waals surface area contributed by atoms with E-state index < -0.39 is 22.1 Å². The summed E-state index contributed by atoms with van der Waals surface area (Å²) in [5, 5.41) is 9.16. The summed E-state index contributed by atoms with van der Waals surface area (Å²) in [6.45, 7) is 0.107. The van der Waals surface area contributed by atoms with Crippen molar-refractivity contribution in [2.75, 3.05) is 20.2 Å². The predicted molar refractivity (Wildman–Crippen MR) is 62.5 cm³/mol. The van der Waals surface area contributed by atoms with Crippen molar-refractivity contribution >= 4 is 16.0 Å². The van der Waals surface area contributed by atoms with Crippen molar-refractivity contribution < 1.29 is 23.1 Å². The van der Waals surface area contributed by atoms with Crippen LogP contribution in [0, 0.1) is 0 Å². The summed E-state index contributed by atoms with van der Waals surface area (Å²) in [7, 11) is -2.55. The van der Waals surface area contributed by atoms with Crippen LogP contribution in [0.25, 0.3) is 0 Å². The maximum Gasteiger partial charge on any atom is 0.339 e. The van der Waals surface area contributed by atoms with Crippen LogP contribution < -0.4 is 0 Å². The smallest absolute Gasteiger partial charge is 0.339 e. The molecule has 1 saturated heterocycles. The third-order valence-electron chi connectivity index (χ3n) is 2.74. The number of benzene rings is 1. The van der Waals surface area contributed by atoms with Crippen molar-refractivity contribution in [3.63, 3.8) is 0 Å². The molecule has 7 heteroatoms. The topological polar surface area (TPSA) is 83.9 Å². The number of carbonyl (C=O) groups is 1. The van der Waals surface area contributed by atoms with Crippen LogP contribution >= 0.6 is 0 Å². The molecular weight excluding hydrogens is 258 g/mol. The minimum Gasteiger partial charge on any atom is -0.465 e. The van der Waals surface area contributed by atoms with Gasteiger partial charge in [-0.15, -0.1) is 0 Å². The van der Waals surface area contributed by atoms with E-state index in [1.165, 1.54) is 25.3 Å². The van der Waals surface area contributed by atoms with Gasteiger partial charge in [-0.3, -0.25) is 0 Å². The minimum atomic E-state index is -3.75. The Kier molecular flexibility index (Phi) is 3.38. The zero-order valence-electron chi connectivity index (χ0n) is 9.74. The Balaban J connectivity index is 2.42. The summed E-state index contributed by atoms with van der Waals surface area (Å²) in [5.74, 6) is -0.699. The first-order valence-electron chi connectivity index (χ1n) is 5.32. The number of hydrogen-bond donors (Lipinski definition) is 1. The molecule has 1 aliphatic heterocycles. The highest BCUT2D eigenvalue weighted by molar-refractivity contribution is 7.89. The largest absolute Gasteiger partial charge is 0.465 e. The maximum atomic E-state index is 12.2. The molecule has 0 unspecified atom stereocenters. The standard InChI is InChI=1S/C11H13NO5S/c1-17-11(14)9-4-2-3-5-10(9)18(15,16)12-6-8(13)7-12/h2-5,8,13H,6-7H2,1H3. The second-order valence-corrected chi connectivity index (χ2v) is 5.87. The summed E-state index contributed by atoms with van der Waals surface area (Å²) in [6.07, 6.45) is -0.634. The lowest BCUT2D eigenvalue weighted by Crippen LogP contribution is -2.53. The number of rotatable bonds is 3. The molecule has 1 aromatic carbocycles. The lowest BCUT2D eigenvalue weighted by atomic mass is 10.2. The molecule has 0 aromatic heterocycles. The molecule has 0 amide bonds. The van der Waals surface area contributed by atoms with Crippen LogP contribution in [-0.4, -0.2) is 50.1 Å². The summed E-state index contributed by atoms with van der Waals surface area (Å²) in [5.41, 5.74) is 0.00129. The van der Waals surface area contributed by atoms with Gasteiger partial charge in [0, 0.05) is 13.1 Å². The zero-order chi connectivity index (χ0) is 13.3. The number of carbonyl (C=O) groups excluding carboxylic acids is 1. The lowest BCUT2D eigenvalue weighted by Gasteiger charge is -2.34. The molecule has 18 heavy (non-hydrogen) atoms. The first-order chi connectivity index (χ1) is 8.46. The van der Waals surface area contributed by atoms with Crippen molar-refractivity contribution in [3.05, 3.63) is 29.8 Å². The number of ether oxygens (including phenoxy) is 1. The lowest BCUT2D eigenvalue weighted by molar-refractivity contribution is 0.0543. The van der Waals surface area contributed by atoms with E-state index in [1.54, 1.807) is 6.07 Å². The van der Waals surface area contributed by atoms with E-state index in [-0.39, 0.29) is 23.5 Å². The van der Waals surface area contributed by atoms with E-state index in [1.807, 2.05) is 0 Å². The van der Waals surface area contributed by atoms with Crippen LogP contribution in [0.15, 0.2) is 29.2 Å². The Labute approximate surface area is 105 Å². The summed E-state index contributed by atoms with van der Waals surface area (Å²) in [4.78, 5) is 11.4. The fourth-order valence-electron chi connectivity index (χ4n) is 1.72. The Morgan fingerprint density at radius 1 is 1.39 bits per heavy atom. The second kappa shape index (κ2) is 4.68. The molecule has 1 fully saturated rings. The summed E-state index contributed by atoms with van der Waals surface area (Å²) >= 11 is 0. The summed E-state index contributed by atoms with van der Waals surface area (Å²) < 4.78 is 30.1. The first-order valence-corrected chi connectivity index (χ1v) is 6.76. The van der Waals surface area contributed by atoms with Crippen molar-refractivity contribution in [2.24, 2.45) is 0 Å². The predicted octanol–water partition coefficient (Wildman–Crippen LogP) is -0.162.